The van der Waals surface area contributed by atoms with Crippen LogP contribution in [0.5, 0.6) is 0 Å². The Labute approximate surface area is 195 Å². The van der Waals surface area contributed by atoms with Gasteiger partial charge in [-0.3, -0.25) is 9.48 Å². The summed E-state index contributed by atoms with van der Waals surface area (Å²) < 4.78 is 40.9. The first-order chi connectivity index (χ1) is 16.0. The monoisotopic (exact) mass is 476 g/mol. The molecular formula is C23H27F3N6O2. The van der Waals surface area contributed by atoms with Crippen LogP contribution >= 0.6 is 0 Å². The van der Waals surface area contributed by atoms with E-state index in [1.165, 1.54) is 24.8 Å². The maximum atomic E-state index is 13.1. The minimum Gasteiger partial charge on any atom is -0.376 e. The predicted molar refractivity (Wildman–Crippen MR) is 118 cm³/mol. The number of nitriles is 1. The second-order valence-electron chi connectivity index (χ2n) is 9.17. The van der Waals surface area contributed by atoms with E-state index in [0.29, 0.717) is 18.7 Å². The number of carbonyl (C=O) groups excluding carboxylic acids is 1. The van der Waals surface area contributed by atoms with Crippen molar-refractivity contribution in [2.75, 3.05) is 18.4 Å². The Morgan fingerprint density at radius 1 is 1.26 bits per heavy atom. The van der Waals surface area contributed by atoms with Gasteiger partial charge in [-0.15, -0.1) is 0 Å². The minimum absolute atomic E-state index is 0.118. The van der Waals surface area contributed by atoms with Crippen LogP contribution in [-0.2, 0) is 5.60 Å². The third-order valence-corrected chi connectivity index (χ3v) is 6.96. The summed E-state index contributed by atoms with van der Waals surface area (Å²) in [4.78, 5) is 14.4. The molecule has 182 valence electrons. The summed E-state index contributed by atoms with van der Waals surface area (Å²) in [6, 6.07) is 7.58. The van der Waals surface area contributed by atoms with Crippen molar-refractivity contribution in [2.45, 2.75) is 56.5 Å². The lowest BCUT2D eigenvalue weighted by molar-refractivity contribution is -0.258. The molecule has 2 fully saturated rings. The zero-order chi connectivity index (χ0) is 24.7. The number of primary amides is 1. The normalized spacial score (nSPS) is 25.1. The van der Waals surface area contributed by atoms with Crippen LogP contribution in [0.4, 0.5) is 24.7 Å². The Kier molecular flexibility index (Phi) is 6.31. The average molecular weight is 477 g/mol. The predicted octanol–water partition coefficient (Wildman–Crippen LogP) is 3.43. The van der Waals surface area contributed by atoms with Crippen LogP contribution in [0, 0.1) is 17.2 Å². The van der Waals surface area contributed by atoms with Gasteiger partial charge in [-0.25, -0.2) is 0 Å². The minimum atomic E-state index is -4.83. The first kappa shape index (κ1) is 24.0. The molecule has 1 aromatic heterocycles. The van der Waals surface area contributed by atoms with E-state index in [1.54, 1.807) is 4.68 Å². The highest BCUT2D eigenvalue weighted by molar-refractivity contribution is 5.98. The number of nitrogens with zero attached hydrogens (tertiary/aromatic N) is 4. The second-order valence-corrected chi connectivity index (χ2v) is 9.17. The van der Waals surface area contributed by atoms with Crippen molar-refractivity contribution in [3.8, 4) is 6.07 Å². The van der Waals surface area contributed by atoms with E-state index in [1.807, 2.05) is 0 Å². The quantitative estimate of drug-likeness (QED) is 0.588. The van der Waals surface area contributed by atoms with Gasteiger partial charge in [0.2, 0.25) is 0 Å². The van der Waals surface area contributed by atoms with E-state index in [4.69, 9.17) is 5.73 Å². The van der Waals surface area contributed by atoms with Crippen molar-refractivity contribution in [1.29, 1.82) is 5.26 Å². The van der Waals surface area contributed by atoms with Crippen molar-refractivity contribution < 1.29 is 23.1 Å². The van der Waals surface area contributed by atoms with Gasteiger partial charge in [0.15, 0.2) is 11.4 Å². The number of rotatable bonds is 6. The van der Waals surface area contributed by atoms with Crippen molar-refractivity contribution >= 4 is 17.4 Å². The number of aliphatic hydroxyl groups is 1. The molecule has 2 aliphatic rings. The summed E-state index contributed by atoms with van der Waals surface area (Å²) in [5, 5.41) is 27.0. The third-order valence-electron chi connectivity index (χ3n) is 6.96. The summed E-state index contributed by atoms with van der Waals surface area (Å²) in [5.74, 6) is -0.825. The van der Waals surface area contributed by atoms with E-state index in [2.05, 4.69) is 21.4 Å². The Morgan fingerprint density at radius 3 is 2.47 bits per heavy atom. The lowest BCUT2D eigenvalue weighted by Gasteiger charge is -2.43. The van der Waals surface area contributed by atoms with Gasteiger partial charge in [-0.05, 0) is 63.4 Å². The molecule has 0 bridgehead atoms. The summed E-state index contributed by atoms with van der Waals surface area (Å²) in [7, 11) is 0. The van der Waals surface area contributed by atoms with Crippen molar-refractivity contribution in [3.05, 3.63) is 41.6 Å². The molecule has 2 heterocycles. The zero-order valence-electron chi connectivity index (χ0n) is 18.7. The summed E-state index contributed by atoms with van der Waals surface area (Å²) in [5.41, 5.74) is 2.71. The van der Waals surface area contributed by atoms with E-state index >= 15 is 0 Å². The van der Waals surface area contributed by atoms with Gasteiger partial charge in [0, 0.05) is 17.9 Å². The molecule has 4 N–H and O–H groups in total. The number of nitrogens with one attached hydrogen (secondary N) is 1. The van der Waals surface area contributed by atoms with Crippen LogP contribution in [0.1, 0.15) is 54.6 Å². The standard InChI is InChI=1S/C23H27F3N6O2/c1-22(34,23(24,25)26)15-3-5-16(6-4-15)29-21-18(20(28)33)13-32(30-21)19-8-7-17(11-14(19)12-27)31-9-2-10-31/h3-6,13-14,17,19,34H,2,7-11H2,1H3,(H2,28,33)(H,29,30). The topological polar surface area (TPSA) is 120 Å². The largest absolute Gasteiger partial charge is 0.421 e. The molecule has 1 aliphatic carbocycles. The molecule has 1 saturated carbocycles. The second kappa shape index (κ2) is 8.92. The fourth-order valence-corrected chi connectivity index (χ4v) is 4.64. The van der Waals surface area contributed by atoms with Gasteiger partial charge >= 0.3 is 6.18 Å². The summed E-state index contributed by atoms with van der Waals surface area (Å²) in [6.07, 6.45) is 0.272. The van der Waals surface area contributed by atoms with Gasteiger partial charge in [0.05, 0.1) is 18.0 Å². The van der Waals surface area contributed by atoms with Gasteiger partial charge in [0.1, 0.15) is 5.56 Å². The smallest absolute Gasteiger partial charge is 0.376 e. The fraction of sp³-hybridized carbons (Fsp3) is 0.522. The number of carbonyl (C=O) groups is 1. The molecule has 0 spiro atoms. The van der Waals surface area contributed by atoms with Crippen LogP contribution in [0.15, 0.2) is 30.5 Å². The molecule has 11 heteroatoms. The Hall–Kier alpha value is -3.10. The molecule has 1 aromatic carbocycles. The number of anilines is 2. The van der Waals surface area contributed by atoms with E-state index in [0.717, 1.165) is 44.5 Å². The molecule has 4 atom stereocenters. The number of hydrogen-bond donors (Lipinski definition) is 3. The van der Waals surface area contributed by atoms with Crippen LogP contribution < -0.4 is 11.1 Å². The van der Waals surface area contributed by atoms with E-state index in [9.17, 15) is 28.3 Å². The molecule has 2 aromatic rings. The van der Waals surface area contributed by atoms with Gasteiger partial charge < -0.3 is 21.1 Å². The summed E-state index contributed by atoms with van der Waals surface area (Å²) in [6.45, 7) is 2.81. The number of benzene rings is 1. The highest BCUT2D eigenvalue weighted by atomic mass is 19.4. The number of alkyl halides is 3. The Balaban J connectivity index is 1.54. The highest BCUT2D eigenvalue weighted by Crippen LogP contribution is 2.40. The SMILES string of the molecule is CC(O)(c1ccc(Nc2nn(C3CCC(N4CCC4)CC3C#N)cc2C(N)=O)cc1)C(F)(F)F. The summed E-state index contributed by atoms with van der Waals surface area (Å²) >= 11 is 0. The zero-order valence-corrected chi connectivity index (χ0v) is 18.7. The molecule has 1 amide bonds. The molecule has 8 nitrogen and oxygen atoms in total. The molecule has 4 rings (SSSR count). The molecule has 1 aliphatic heterocycles. The van der Waals surface area contributed by atoms with E-state index < -0.39 is 17.7 Å². The van der Waals surface area contributed by atoms with E-state index in [-0.39, 0.29) is 28.9 Å². The highest BCUT2D eigenvalue weighted by Gasteiger charge is 2.51. The first-order valence-corrected chi connectivity index (χ1v) is 11.2. The molecule has 1 saturated heterocycles. The number of hydrogen-bond acceptors (Lipinski definition) is 6. The number of amides is 1. The first-order valence-electron chi connectivity index (χ1n) is 11.2. The molecule has 4 unspecified atom stereocenters. The van der Waals surface area contributed by atoms with Crippen LogP contribution in [0.2, 0.25) is 0 Å². The van der Waals surface area contributed by atoms with Gasteiger partial charge in [0.25, 0.3) is 5.91 Å². The Bertz CT molecular complexity index is 1090. The lowest BCUT2D eigenvalue weighted by atomic mass is 9.81. The van der Waals surface area contributed by atoms with Gasteiger partial charge in [-0.1, -0.05) is 12.1 Å². The Morgan fingerprint density at radius 2 is 1.94 bits per heavy atom. The fourth-order valence-electron chi connectivity index (χ4n) is 4.64. The maximum Gasteiger partial charge on any atom is 0.421 e. The van der Waals surface area contributed by atoms with Crippen LogP contribution in [0.3, 0.4) is 0 Å². The van der Waals surface area contributed by atoms with Crippen molar-refractivity contribution in [2.24, 2.45) is 11.7 Å². The molecule has 34 heavy (non-hydrogen) atoms. The molecular weight excluding hydrogens is 449 g/mol. The number of aromatic nitrogens is 2. The van der Waals surface area contributed by atoms with Crippen LogP contribution in [-0.4, -0.2) is 51.0 Å². The lowest BCUT2D eigenvalue weighted by Crippen LogP contribution is -2.48. The van der Waals surface area contributed by atoms with Crippen molar-refractivity contribution in [1.82, 2.24) is 14.7 Å². The molecule has 0 radical (unpaired) electrons. The maximum absolute atomic E-state index is 13.1. The average Bonchev–Trinajstić information content (AvgIpc) is 3.16. The number of likely N-dealkylation sites (tertiary alicyclic amines) is 1. The van der Waals surface area contributed by atoms with Crippen molar-refractivity contribution in [3.63, 3.8) is 0 Å². The van der Waals surface area contributed by atoms with Crippen LogP contribution in [0.25, 0.3) is 0 Å². The number of nitrogens with two attached hydrogens (primary N) is 1. The van der Waals surface area contributed by atoms with Gasteiger partial charge in [-0.2, -0.15) is 23.5 Å². The number of halogens is 3. The third kappa shape index (κ3) is 4.48.